The van der Waals surface area contributed by atoms with Gasteiger partial charge in [0.05, 0.1) is 4.90 Å². The highest BCUT2D eigenvalue weighted by Crippen LogP contribution is 2.29. The van der Waals surface area contributed by atoms with Crippen molar-refractivity contribution in [3.8, 4) is 0 Å². The van der Waals surface area contributed by atoms with E-state index in [2.05, 4.69) is 25.9 Å². The zero-order valence-corrected chi connectivity index (χ0v) is 25.5. The number of benzene rings is 2. The Bertz CT molecular complexity index is 1680. The molecule has 14 heteroatoms. The second-order valence-corrected chi connectivity index (χ2v) is 12.8. The average Bonchev–Trinajstić information content (AvgIpc) is 2.98. The fourth-order valence-corrected chi connectivity index (χ4v) is 6.81. The minimum absolute atomic E-state index is 0.119. The van der Waals surface area contributed by atoms with Gasteiger partial charge in [-0.1, -0.05) is 43.3 Å². The highest BCUT2D eigenvalue weighted by atomic mass is 32.2. The molecule has 3 aromatic rings. The number of aromatic nitrogens is 2. The third kappa shape index (κ3) is 7.32. The zero-order chi connectivity index (χ0) is 32.1. The van der Waals surface area contributed by atoms with Crippen LogP contribution in [0.25, 0.3) is 0 Å². The summed E-state index contributed by atoms with van der Waals surface area (Å²) in [6.07, 6.45) is 2.12. The molecule has 13 nitrogen and oxygen atoms in total. The Morgan fingerprint density at radius 3 is 2.27 bits per heavy atom. The number of sulfonamides is 1. The summed E-state index contributed by atoms with van der Waals surface area (Å²) >= 11 is 0. The third-order valence-electron chi connectivity index (χ3n) is 7.97. The van der Waals surface area contributed by atoms with Gasteiger partial charge >= 0.3 is 17.7 Å². The van der Waals surface area contributed by atoms with Gasteiger partial charge in [-0.25, -0.2) is 22.8 Å². The molecule has 44 heavy (non-hydrogen) atoms. The van der Waals surface area contributed by atoms with Crippen LogP contribution in [0.15, 0.2) is 64.4 Å². The summed E-state index contributed by atoms with van der Waals surface area (Å²) in [6, 6.07) is 11.3. The van der Waals surface area contributed by atoms with Crippen LogP contribution in [0.2, 0.25) is 0 Å². The molecule has 1 aliphatic heterocycles. The van der Waals surface area contributed by atoms with Crippen molar-refractivity contribution in [1.29, 1.82) is 0 Å². The summed E-state index contributed by atoms with van der Waals surface area (Å²) in [6.45, 7) is 5.77. The maximum atomic E-state index is 13.1. The lowest BCUT2D eigenvalue weighted by molar-refractivity contribution is -0.139. The van der Waals surface area contributed by atoms with Crippen molar-refractivity contribution in [3.05, 3.63) is 87.5 Å². The molecule has 1 aromatic heterocycles. The number of aliphatic carboxylic acids is 1. The molecule has 234 valence electrons. The number of aromatic amines is 1. The number of carboxylic acids is 1. The minimum atomic E-state index is -3.69. The van der Waals surface area contributed by atoms with E-state index in [4.69, 9.17) is 0 Å². The van der Waals surface area contributed by atoms with Crippen molar-refractivity contribution in [2.75, 3.05) is 18.4 Å². The summed E-state index contributed by atoms with van der Waals surface area (Å²) in [5.41, 5.74) is 0.531. The van der Waals surface area contributed by atoms with Crippen LogP contribution >= 0.6 is 0 Å². The van der Waals surface area contributed by atoms with E-state index in [9.17, 15) is 32.7 Å². The van der Waals surface area contributed by atoms with Crippen LogP contribution in [0, 0.1) is 13.8 Å². The summed E-state index contributed by atoms with van der Waals surface area (Å²) in [4.78, 5) is 56.8. The number of nitrogens with one attached hydrogen (secondary N) is 4. The molecule has 0 radical (unpaired) electrons. The lowest BCUT2D eigenvalue weighted by atomic mass is 9.86. The molecule has 0 aliphatic carbocycles. The minimum Gasteiger partial charge on any atom is -0.480 e. The van der Waals surface area contributed by atoms with E-state index in [1.807, 2.05) is 13.0 Å². The molecule has 1 unspecified atom stereocenters. The zero-order valence-electron chi connectivity index (χ0n) is 24.7. The quantitative estimate of drug-likeness (QED) is 0.227. The van der Waals surface area contributed by atoms with Crippen LogP contribution in [0.4, 0.5) is 10.6 Å². The van der Waals surface area contributed by atoms with Crippen molar-refractivity contribution >= 4 is 33.7 Å². The number of H-pyrrole nitrogens is 1. The molecule has 1 fully saturated rings. The van der Waals surface area contributed by atoms with Gasteiger partial charge in [0.25, 0.3) is 5.91 Å². The molecule has 2 heterocycles. The number of aryl methyl sites for hydroxylation is 2. The molecule has 4 rings (SSSR count). The van der Waals surface area contributed by atoms with Crippen molar-refractivity contribution in [2.45, 2.75) is 62.9 Å². The molecule has 1 saturated heterocycles. The first kappa shape index (κ1) is 32.4. The van der Waals surface area contributed by atoms with E-state index in [0.717, 1.165) is 0 Å². The molecular formula is C30H36N6O7S. The van der Waals surface area contributed by atoms with E-state index < -0.39 is 45.2 Å². The Hall–Kier alpha value is -4.56. The second-order valence-electron chi connectivity index (χ2n) is 10.8. The van der Waals surface area contributed by atoms with Gasteiger partial charge in [0.15, 0.2) is 0 Å². The maximum absolute atomic E-state index is 13.1. The number of carbonyl (C=O) groups excluding carboxylic acids is 2. The second kappa shape index (κ2) is 13.4. The first-order valence-electron chi connectivity index (χ1n) is 14.2. The van der Waals surface area contributed by atoms with Gasteiger partial charge < -0.3 is 26.0 Å². The van der Waals surface area contributed by atoms with Crippen LogP contribution in [-0.4, -0.2) is 70.4 Å². The largest absolute Gasteiger partial charge is 0.480 e. The third-order valence-corrected chi connectivity index (χ3v) is 9.88. The van der Waals surface area contributed by atoms with E-state index in [0.29, 0.717) is 36.0 Å². The smallest absolute Gasteiger partial charge is 0.346 e. The normalized spacial score (nSPS) is 15.6. The van der Waals surface area contributed by atoms with Crippen LogP contribution in [0.3, 0.4) is 0 Å². The molecule has 5 N–H and O–H groups in total. The Morgan fingerprint density at radius 2 is 1.68 bits per heavy atom. The van der Waals surface area contributed by atoms with Crippen molar-refractivity contribution in [2.24, 2.45) is 0 Å². The number of rotatable bonds is 10. The van der Waals surface area contributed by atoms with Crippen LogP contribution in [-0.2, 0) is 21.2 Å². The predicted molar refractivity (Wildman–Crippen MR) is 163 cm³/mol. The lowest BCUT2D eigenvalue weighted by Gasteiger charge is -2.41. The van der Waals surface area contributed by atoms with Gasteiger partial charge in [0, 0.05) is 42.4 Å². The van der Waals surface area contributed by atoms with E-state index >= 15 is 0 Å². The maximum Gasteiger partial charge on any atom is 0.346 e. The van der Waals surface area contributed by atoms with Crippen LogP contribution < -0.4 is 21.6 Å². The van der Waals surface area contributed by atoms with Gasteiger partial charge in [-0.15, -0.1) is 0 Å². The Labute approximate surface area is 255 Å². The Morgan fingerprint density at radius 1 is 1.05 bits per heavy atom. The number of nitrogens with zero attached hydrogens (tertiary/aromatic N) is 2. The average molecular weight is 625 g/mol. The summed E-state index contributed by atoms with van der Waals surface area (Å²) in [7, 11) is -3.69. The number of urea groups is 1. The summed E-state index contributed by atoms with van der Waals surface area (Å²) < 4.78 is 27.5. The predicted octanol–water partition coefficient (Wildman–Crippen LogP) is 2.57. The molecule has 1 atom stereocenters. The van der Waals surface area contributed by atoms with Gasteiger partial charge in [-0.3, -0.25) is 4.79 Å². The van der Waals surface area contributed by atoms with Crippen molar-refractivity contribution < 1.29 is 27.9 Å². The number of amides is 3. The number of piperidine rings is 1. The van der Waals surface area contributed by atoms with Gasteiger partial charge in [-0.05, 0) is 56.4 Å². The molecule has 0 bridgehead atoms. The standard InChI is InChI=1S/C30H36N6O7S/c1-4-30(13-15-36(16-14-30)44(42,43)22-11-6-5-7-12-22)35-29(41)32-23(27(38)39)17-21-18-31-28(40)34-25(21)33-26(37)24-19(2)9-8-10-20(24)3/h5-12,18,23H,4,13-17H2,1-3H3,(H,38,39)(H2,32,35,41)(H2,31,33,34,37,40). The van der Waals surface area contributed by atoms with Crippen LogP contribution in [0.5, 0.6) is 0 Å². The molecule has 3 amide bonds. The van der Waals surface area contributed by atoms with Crippen molar-refractivity contribution in [3.63, 3.8) is 0 Å². The number of anilines is 1. The fourth-order valence-electron chi connectivity index (χ4n) is 5.35. The first-order chi connectivity index (χ1) is 20.8. The Balaban J connectivity index is 1.44. The topological polar surface area (TPSA) is 191 Å². The number of carbonyl (C=O) groups is 3. The van der Waals surface area contributed by atoms with E-state index in [1.54, 1.807) is 44.2 Å². The van der Waals surface area contributed by atoms with Gasteiger partial charge in [0.1, 0.15) is 11.9 Å². The first-order valence-corrected chi connectivity index (χ1v) is 15.6. The fraction of sp³-hybridized carbons (Fsp3) is 0.367. The molecule has 1 aliphatic rings. The van der Waals surface area contributed by atoms with Gasteiger partial charge in [0.2, 0.25) is 10.0 Å². The number of hydrogen-bond donors (Lipinski definition) is 5. The monoisotopic (exact) mass is 624 g/mol. The van der Waals surface area contributed by atoms with E-state index in [-0.39, 0.29) is 35.8 Å². The van der Waals surface area contributed by atoms with Crippen molar-refractivity contribution in [1.82, 2.24) is 24.9 Å². The molecule has 0 spiro atoms. The summed E-state index contributed by atoms with van der Waals surface area (Å²) in [5.74, 6) is -1.97. The number of hydrogen-bond acceptors (Lipinski definition) is 7. The molecular weight excluding hydrogens is 588 g/mol. The lowest BCUT2D eigenvalue weighted by Crippen LogP contribution is -2.59. The molecule has 2 aromatic carbocycles. The van der Waals surface area contributed by atoms with Gasteiger partial charge in [-0.2, -0.15) is 9.29 Å². The highest BCUT2D eigenvalue weighted by Gasteiger charge is 2.39. The Kier molecular flexibility index (Phi) is 9.85. The van der Waals surface area contributed by atoms with Crippen LogP contribution in [0.1, 0.15) is 53.2 Å². The van der Waals surface area contributed by atoms with E-state index in [1.165, 1.54) is 22.6 Å². The highest BCUT2D eigenvalue weighted by molar-refractivity contribution is 7.89. The SMILES string of the molecule is CCC1(NC(=O)NC(Cc2c[nH]c(=O)nc2NC(=O)c2c(C)cccc2C)C(=O)O)CCN(S(=O)(=O)c2ccccc2)CC1. The summed E-state index contributed by atoms with van der Waals surface area (Å²) in [5, 5.41) is 17.9. The molecule has 0 saturated carbocycles. The number of carboxylic acid groups (broad SMARTS) is 1.